The Bertz CT molecular complexity index is 404. The molecule has 0 atom stereocenters. The molecule has 17 heavy (non-hydrogen) atoms. The highest BCUT2D eigenvalue weighted by Crippen LogP contribution is 2.28. The van der Waals surface area contributed by atoms with E-state index in [0.29, 0.717) is 0 Å². The van der Waals surface area contributed by atoms with Gasteiger partial charge in [-0.25, -0.2) is 0 Å². The fraction of sp³-hybridized carbons (Fsp3) is 0.538. The van der Waals surface area contributed by atoms with Crippen LogP contribution in [0.25, 0.3) is 0 Å². The summed E-state index contributed by atoms with van der Waals surface area (Å²) in [5.41, 5.74) is 7.58. The van der Waals surface area contributed by atoms with Crippen LogP contribution in [-0.4, -0.2) is 32.4 Å². The Morgan fingerprint density at radius 3 is 2.76 bits per heavy atom. The van der Waals surface area contributed by atoms with Crippen molar-refractivity contribution in [2.45, 2.75) is 19.4 Å². The average Bonchev–Trinajstić information content (AvgIpc) is 2.27. The first-order valence-electron chi connectivity index (χ1n) is 5.84. The van der Waals surface area contributed by atoms with Crippen LogP contribution in [0.2, 0.25) is 0 Å². The van der Waals surface area contributed by atoms with Crippen molar-refractivity contribution in [3.63, 3.8) is 0 Å². The lowest BCUT2D eigenvalue weighted by Gasteiger charge is -2.39. The summed E-state index contributed by atoms with van der Waals surface area (Å²) in [6.07, 6.45) is 0. The summed E-state index contributed by atoms with van der Waals surface area (Å²) in [5.74, 6) is 0.796. The highest BCUT2D eigenvalue weighted by Gasteiger charge is 2.27. The van der Waals surface area contributed by atoms with E-state index in [-0.39, 0.29) is 5.60 Å². The molecule has 4 nitrogen and oxygen atoms in total. The lowest BCUT2D eigenvalue weighted by atomic mass is 10.1. The van der Waals surface area contributed by atoms with E-state index in [9.17, 15) is 0 Å². The van der Waals surface area contributed by atoms with Crippen LogP contribution < -0.4 is 15.4 Å². The van der Waals surface area contributed by atoms with E-state index in [1.807, 2.05) is 18.2 Å². The molecule has 1 heterocycles. The molecule has 1 saturated heterocycles. The molecule has 0 radical (unpaired) electrons. The van der Waals surface area contributed by atoms with Crippen molar-refractivity contribution in [1.82, 2.24) is 0 Å². The average molecular weight is 236 g/mol. The zero-order valence-corrected chi connectivity index (χ0v) is 10.7. The zero-order valence-electron chi connectivity index (χ0n) is 10.7. The Balaban J connectivity index is 2.24. The number of methoxy groups -OCH3 is 1. The molecule has 0 aromatic heterocycles. The van der Waals surface area contributed by atoms with Gasteiger partial charge in [0, 0.05) is 36.6 Å². The zero-order chi connectivity index (χ0) is 12.5. The Morgan fingerprint density at radius 1 is 1.35 bits per heavy atom. The molecule has 0 amide bonds. The van der Waals surface area contributed by atoms with Gasteiger partial charge in [0.25, 0.3) is 0 Å². The lowest BCUT2D eigenvalue weighted by molar-refractivity contribution is -0.0277. The topological polar surface area (TPSA) is 47.7 Å². The third-order valence-electron chi connectivity index (χ3n) is 2.94. The summed E-state index contributed by atoms with van der Waals surface area (Å²) < 4.78 is 10.9. The van der Waals surface area contributed by atoms with Crippen molar-refractivity contribution in [1.29, 1.82) is 0 Å². The van der Waals surface area contributed by atoms with Gasteiger partial charge in [-0.05, 0) is 19.9 Å². The van der Waals surface area contributed by atoms with Crippen molar-refractivity contribution in [3.8, 4) is 5.75 Å². The maximum absolute atomic E-state index is 5.87. The van der Waals surface area contributed by atoms with Crippen LogP contribution in [0.1, 0.15) is 13.8 Å². The fourth-order valence-electron chi connectivity index (χ4n) is 2.14. The molecule has 2 N–H and O–H groups in total. The SMILES string of the molecule is COc1cc(N)cc(N2CCOC(C)(C)C2)c1. The lowest BCUT2D eigenvalue weighted by Crippen LogP contribution is -2.48. The summed E-state index contributed by atoms with van der Waals surface area (Å²) in [6, 6.07) is 5.82. The van der Waals surface area contributed by atoms with Crippen molar-refractivity contribution < 1.29 is 9.47 Å². The minimum Gasteiger partial charge on any atom is -0.497 e. The quantitative estimate of drug-likeness (QED) is 0.797. The summed E-state index contributed by atoms with van der Waals surface area (Å²) in [6.45, 7) is 6.69. The first-order chi connectivity index (χ1) is 8.00. The van der Waals surface area contributed by atoms with Gasteiger partial charge in [-0.2, -0.15) is 0 Å². The summed E-state index contributed by atoms with van der Waals surface area (Å²) in [7, 11) is 1.65. The van der Waals surface area contributed by atoms with E-state index in [1.54, 1.807) is 7.11 Å². The van der Waals surface area contributed by atoms with Crippen molar-refractivity contribution >= 4 is 11.4 Å². The normalized spacial score (nSPS) is 19.1. The van der Waals surface area contributed by atoms with Crippen LogP contribution >= 0.6 is 0 Å². The van der Waals surface area contributed by atoms with Crippen LogP contribution in [0.15, 0.2) is 18.2 Å². The van der Waals surface area contributed by atoms with Gasteiger partial charge in [0.15, 0.2) is 0 Å². The molecule has 1 aliphatic heterocycles. The summed E-state index contributed by atoms with van der Waals surface area (Å²) in [4.78, 5) is 2.28. The number of ether oxygens (including phenoxy) is 2. The molecule has 4 heteroatoms. The molecule has 0 saturated carbocycles. The molecule has 2 rings (SSSR count). The molecule has 0 aliphatic carbocycles. The van der Waals surface area contributed by atoms with Gasteiger partial charge >= 0.3 is 0 Å². The highest BCUT2D eigenvalue weighted by molar-refractivity contribution is 5.60. The number of morpholine rings is 1. The van der Waals surface area contributed by atoms with Crippen LogP contribution in [0.4, 0.5) is 11.4 Å². The van der Waals surface area contributed by atoms with Crippen molar-refractivity contribution in [2.75, 3.05) is 37.4 Å². The number of hydrogen-bond donors (Lipinski definition) is 1. The number of hydrogen-bond acceptors (Lipinski definition) is 4. The molecule has 0 spiro atoms. The van der Waals surface area contributed by atoms with Gasteiger partial charge in [0.05, 0.1) is 19.3 Å². The Kier molecular flexibility index (Phi) is 3.15. The number of anilines is 2. The smallest absolute Gasteiger partial charge is 0.122 e. The van der Waals surface area contributed by atoms with Crippen LogP contribution in [0, 0.1) is 0 Å². The molecule has 1 fully saturated rings. The van der Waals surface area contributed by atoms with Crippen LogP contribution in [-0.2, 0) is 4.74 Å². The molecule has 1 aliphatic rings. The molecule has 1 aromatic rings. The molecular formula is C13H20N2O2. The summed E-state index contributed by atoms with van der Waals surface area (Å²) in [5, 5.41) is 0. The Labute approximate surface area is 102 Å². The Hall–Kier alpha value is -1.42. The first kappa shape index (κ1) is 12.0. The van der Waals surface area contributed by atoms with Crippen molar-refractivity contribution in [3.05, 3.63) is 18.2 Å². The largest absolute Gasteiger partial charge is 0.497 e. The van der Waals surface area contributed by atoms with Gasteiger partial charge in [0.1, 0.15) is 5.75 Å². The Morgan fingerprint density at radius 2 is 2.12 bits per heavy atom. The standard InChI is InChI=1S/C13H20N2O2/c1-13(2)9-15(4-5-17-13)11-6-10(14)7-12(8-11)16-3/h6-8H,4-5,9,14H2,1-3H3. The third kappa shape index (κ3) is 2.82. The minimum absolute atomic E-state index is 0.115. The van der Waals surface area contributed by atoms with E-state index >= 15 is 0 Å². The number of nitrogens with zero attached hydrogens (tertiary/aromatic N) is 1. The molecule has 1 aromatic carbocycles. The second-order valence-corrected chi connectivity index (χ2v) is 4.99. The van der Waals surface area contributed by atoms with E-state index in [4.69, 9.17) is 15.2 Å². The molecule has 0 bridgehead atoms. The number of benzene rings is 1. The number of rotatable bonds is 2. The highest BCUT2D eigenvalue weighted by atomic mass is 16.5. The predicted octanol–water partition coefficient (Wildman–Crippen LogP) is 1.89. The van der Waals surface area contributed by atoms with Crippen molar-refractivity contribution in [2.24, 2.45) is 0 Å². The number of nitrogens with two attached hydrogens (primary N) is 1. The van der Waals surface area contributed by atoms with E-state index in [2.05, 4.69) is 18.7 Å². The van der Waals surface area contributed by atoms with Gasteiger partial charge < -0.3 is 20.1 Å². The van der Waals surface area contributed by atoms with Gasteiger partial charge in [-0.1, -0.05) is 0 Å². The second-order valence-electron chi connectivity index (χ2n) is 4.99. The maximum Gasteiger partial charge on any atom is 0.122 e. The fourth-order valence-corrected chi connectivity index (χ4v) is 2.14. The van der Waals surface area contributed by atoms with Crippen LogP contribution in [0.5, 0.6) is 5.75 Å². The maximum atomic E-state index is 5.87. The van der Waals surface area contributed by atoms with E-state index in [0.717, 1.165) is 36.8 Å². The molecule has 94 valence electrons. The molecule has 0 unspecified atom stereocenters. The minimum atomic E-state index is -0.115. The van der Waals surface area contributed by atoms with E-state index in [1.165, 1.54) is 0 Å². The summed E-state index contributed by atoms with van der Waals surface area (Å²) >= 11 is 0. The monoisotopic (exact) mass is 236 g/mol. The van der Waals surface area contributed by atoms with Crippen LogP contribution in [0.3, 0.4) is 0 Å². The molecular weight excluding hydrogens is 216 g/mol. The van der Waals surface area contributed by atoms with E-state index < -0.39 is 0 Å². The number of nitrogen functional groups attached to an aromatic ring is 1. The third-order valence-corrected chi connectivity index (χ3v) is 2.94. The first-order valence-corrected chi connectivity index (χ1v) is 5.84. The van der Waals surface area contributed by atoms with Gasteiger partial charge in [-0.3, -0.25) is 0 Å². The van der Waals surface area contributed by atoms with Gasteiger partial charge in [-0.15, -0.1) is 0 Å². The second kappa shape index (κ2) is 4.45. The van der Waals surface area contributed by atoms with Gasteiger partial charge in [0.2, 0.25) is 0 Å². The predicted molar refractivity (Wildman–Crippen MR) is 69.7 cm³/mol.